The molecule has 0 aliphatic heterocycles. The molecule has 0 spiro atoms. The van der Waals surface area contributed by atoms with Gasteiger partial charge in [-0.05, 0) is 25.1 Å². The van der Waals surface area contributed by atoms with Crippen molar-refractivity contribution < 1.29 is 27.0 Å². The molecule has 3 heterocycles. The smallest absolute Gasteiger partial charge is 0.243 e. The van der Waals surface area contributed by atoms with Crippen LogP contribution in [0.3, 0.4) is 0 Å². The van der Waals surface area contributed by atoms with Gasteiger partial charge in [0.1, 0.15) is 28.7 Å². The van der Waals surface area contributed by atoms with E-state index in [4.69, 9.17) is 14.2 Å². The van der Waals surface area contributed by atoms with Gasteiger partial charge in [0.2, 0.25) is 21.9 Å². The fourth-order valence-corrected chi connectivity index (χ4v) is 4.43. The number of anilines is 1. The minimum absolute atomic E-state index is 0.0635. The summed E-state index contributed by atoms with van der Waals surface area (Å²) in [6.45, 7) is 1.48. The van der Waals surface area contributed by atoms with Gasteiger partial charge in [0.25, 0.3) is 0 Å². The summed E-state index contributed by atoms with van der Waals surface area (Å²) < 4.78 is 60.0. The van der Waals surface area contributed by atoms with Gasteiger partial charge in [0.15, 0.2) is 11.6 Å². The van der Waals surface area contributed by atoms with Crippen molar-refractivity contribution in [1.29, 1.82) is 0 Å². The van der Waals surface area contributed by atoms with Crippen molar-refractivity contribution in [2.45, 2.75) is 18.6 Å². The lowest BCUT2D eigenvalue weighted by Crippen LogP contribution is -2.29. The number of ether oxygens (including phenoxy) is 3. The SMILES string of the molecule is COc1cccc(-c2nnc(NS(=O)(=O)[C@H](C)Cc3ncc(F)cn3)n2-c2c(OC)cccc2OC)n1. The fourth-order valence-electron chi connectivity index (χ4n) is 3.47. The zero-order chi connectivity index (χ0) is 26.6. The zero-order valence-corrected chi connectivity index (χ0v) is 21.2. The molecule has 4 rings (SSSR count). The molecule has 0 saturated carbocycles. The Kier molecular flexibility index (Phi) is 7.47. The van der Waals surface area contributed by atoms with E-state index in [9.17, 15) is 12.8 Å². The number of benzene rings is 1. The summed E-state index contributed by atoms with van der Waals surface area (Å²) >= 11 is 0. The van der Waals surface area contributed by atoms with E-state index in [1.54, 1.807) is 36.4 Å². The average molecular weight is 530 g/mol. The standard InChI is InChI=1S/C23H24FN7O5S/c1-14(11-19-25-12-15(24)13-26-19)37(32,33)30-23-29-28-22(16-7-5-10-20(27-16)36-4)31(23)21-17(34-2)8-6-9-18(21)35-3/h5-10,12-14H,11H2,1-4H3,(H,29,30)/t14-/m1/s1. The van der Waals surface area contributed by atoms with Crippen LogP contribution in [0.15, 0.2) is 48.8 Å². The van der Waals surface area contributed by atoms with Gasteiger partial charge in [-0.1, -0.05) is 12.1 Å². The van der Waals surface area contributed by atoms with Gasteiger partial charge in [-0.2, -0.15) is 0 Å². The number of aromatic nitrogens is 6. The molecule has 4 aromatic rings. The second-order valence-electron chi connectivity index (χ2n) is 7.74. The molecule has 0 radical (unpaired) electrons. The summed E-state index contributed by atoms with van der Waals surface area (Å²) in [6.07, 6.45) is 1.90. The minimum atomic E-state index is -4.05. The normalized spacial score (nSPS) is 12.1. The number of hydrogen-bond donors (Lipinski definition) is 1. The van der Waals surface area contributed by atoms with Crippen molar-refractivity contribution >= 4 is 16.0 Å². The van der Waals surface area contributed by atoms with Gasteiger partial charge in [0, 0.05) is 12.5 Å². The molecule has 0 bridgehead atoms. The Hall–Kier alpha value is -4.33. The Morgan fingerprint density at radius 3 is 2.24 bits per heavy atom. The van der Waals surface area contributed by atoms with Gasteiger partial charge >= 0.3 is 0 Å². The largest absolute Gasteiger partial charge is 0.494 e. The summed E-state index contributed by atoms with van der Waals surface area (Å²) in [6, 6.07) is 10.2. The molecule has 0 fully saturated rings. The van der Waals surface area contributed by atoms with Crippen molar-refractivity contribution in [3.63, 3.8) is 0 Å². The van der Waals surface area contributed by atoms with Crippen molar-refractivity contribution in [2.75, 3.05) is 26.1 Å². The second kappa shape index (κ2) is 10.7. The first-order valence-corrected chi connectivity index (χ1v) is 12.5. The van der Waals surface area contributed by atoms with Crippen LogP contribution in [0.25, 0.3) is 17.2 Å². The number of nitrogens with one attached hydrogen (secondary N) is 1. The summed E-state index contributed by atoms with van der Waals surface area (Å²) in [4.78, 5) is 12.1. The number of nitrogens with zero attached hydrogens (tertiary/aromatic N) is 6. The van der Waals surface area contributed by atoms with Crippen molar-refractivity contribution in [3.8, 4) is 34.6 Å². The average Bonchev–Trinajstić information content (AvgIpc) is 3.31. The van der Waals surface area contributed by atoms with E-state index in [1.807, 2.05) is 0 Å². The van der Waals surface area contributed by atoms with Crippen LogP contribution in [0.2, 0.25) is 0 Å². The van der Waals surface area contributed by atoms with E-state index < -0.39 is 21.1 Å². The molecular weight excluding hydrogens is 505 g/mol. The van der Waals surface area contributed by atoms with Crippen LogP contribution >= 0.6 is 0 Å². The first-order chi connectivity index (χ1) is 17.8. The van der Waals surface area contributed by atoms with Gasteiger partial charge in [-0.15, -0.1) is 10.2 Å². The number of hydrogen-bond acceptors (Lipinski definition) is 10. The number of pyridine rings is 1. The fraction of sp³-hybridized carbons (Fsp3) is 0.261. The highest BCUT2D eigenvalue weighted by Gasteiger charge is 2.29. The molecule has 0 amide bonds. The number of rotatable bonds is 10. The van der Waals surface area contributed by atoms with Gasteiger partial charge in [-0.25, -0.2) is 27.8 Å². The van der Waals surface area contributed by atoms with Crippen molar-refractivity contribution in [2.24, 2.45) is 0 Å². The predicted octanol–water partition coefficient (Wildman–Crippen LogP) is 2.66. The first kappa shape index (κ1) is 25.8. The summed E-state index contributed by atoms with van der Waals surface area (Å²) in [5.41, 5.74) is 0.711. The first-order valence-electron chi connectivity index (χ1n) is 10.9. The van der Waals surface area contributed by atoms with Crippen LogP contribution in [0.1, 0.15) is 12.7 Å². The highest BCUT2D eigenvalue weighted by Crippen LogP contribution is 2.37. The molecular formula is C23H24FN7O5S. The Labute approximate surface area is 212 Å². The van der Waals surface area contributed by atoms with E-state index >= 15 is 0 Å². The molecule has 1 atom stereocenters. The Morgan fingerprint density at radius 2 is 1.62 bits per heavy atom. The van der Waals surface area contributed by atoms with Gasteiger partial charge < -0.3 is 14.2 Å². The molecule has 1 aromatic carbocycles. The van der Waals surface area contributed by atoms with Crippen LogP contribution in [-0.2, 0) is 16.4 Å². The minimum Gasteiger partial charge on any atom is -0.494 e. The highest BCUT2D eigenvalue weighted by atomic mass is 32.2. The van der Waals surface area contributed by atoms with E-state index in [1.165, 1.54) is 32.8 Å². The highest BCUT2D eigenvalue weighted by molar-refractivity contribution is 7.93. The molecule has 0 saturated heterocycles. The van der Waals surface area contributed by atoms with E-state index in [0.29, 0.717) is 28.8 Å². The third-order valence-electron chi connectivity index (χ3n) is 5.36. The molecule has 14 heteroatoms. The van der Waals surface area contributed by atoms with E-state index in [0.717, 1.165) is 12.4 Å². The lowest BCUT2D eigenvalue weighted by Gasteiger charge is -2.18. The third kappa shape index (κ3) is 5.43. The third-order valence-corrected chi connectivity index (χ3v) is 7.05. The quantitative estimate of drug-likeness (QED) is 0.326. The maximum Gasteiger partial charge on any atom is 0.243 e. The molecule has 0 unspecified atom stereocenters. The molecule has 0 aliphatic rings. The topological polar surface area (TPSA) is 143 Å². The monoisotopic (exact) mass is 529 g/mol. The maximum atomic E-state index is 13.3. The number of para-hydroxylation sites is 1. The van der Waals surface area contributed by atoms with Crippen molar-refractivity contribution in [3.05, 3.63) is 60.4 Å². The van der Waals surface area contributed by atoms with Crippen LogP contribution < -0.4 is 18.9 Å². The molecule has 12 nitrogen and oxygen atoms in total. The lowest BCUT2D eigenvalue weighted by atomic mass is 10.2. The number of sulfonamides is 1. The van der Waals surface area contributed by atoms with E-state index in [2.05, 4.69) is 29.9 Å². The molecule has 3 aromatic heterocycles. The van der Waals surface area contributed by atoms with Gasteiger partial charge in [0.05, 0.1) is 39.0 Å². The predicted molar refractivity (Wildman–Crippen MR) is 132 cm³/mol. The zero-order valence-electron chi connectivity index (χ0n) is 20.4. The molecule has 0 aliphatic carbocycles. The second-order valence-corrected chi connectivity index (χ2v) is 9.84. The van der Waals surface area contributed by atoms with Crippen molar-refractivity contribution in [1.82, 2.24) is 29.7 Å². The van der Waals surface area contributed by atoms with Crippen LogP contribution in [-0.4, -0.2) is 64.7 Å². The van der Waals surface area contributed by atoms with Crippen LogP contribution in [0.5, 0.6) is 17.4 Å². The van der Waals surface area contributed by atoms with Crippen LogP contribution in [0, 0.1) is 5.82 Å². The lowest BCUT2D eigenvalue weighted by molar-refractivity contribution is 0.391. The van der Waals surface area contributed by atoms with E-state index in [-0.39, 0.29) is 24.0 Å². The molecule has 37 heavy (non-hydrogen) atoms. The van der Waals surface area contributed by atoms with Crippen LogP contribution in [0.4, 0.5) is 10.3 Å². The Morgan fingerprint density at radius 1 is 0.973 bits per heavy atom. The maximum absolute atomic E-state index is 13.3. The molecule has 1 N–H and O–H groups in total. The van der Waals surface area contributed by atoms with Gasteiger partial charge in [-0.3, -0.25) is 9.29 Å². The summed E-state index contributed by atoms with van der Waals surface area (Å²) in [5.74, 6) is 0.702. The number of methoxy groups -OCH3 is 3. The molecule has 194 valence electrons. The summed E-state index contributed by atoms with van der Waals surface area (Å²) in [7, 11) is 0.377. The Balaban J connectivity index is 1.82. The Bertz CT molecular complexity index is 1470. The number of halogens is 1. The summed E-state index contributed by atoms with van der Waals surface area (Å²) in [5, 5.41) is 7.33.